The molecule has 60 valence electrons. The van der Waals surface area contributed by atoms with Gasteiger partial charge in [0.2, 0.25) is 0 Å². The summed E-state index contributed by atoms with van der Waals surface area (Å²) in [6.45, 7) is 0. The predicted molar refractivity (Wildman–Crippen MR) is 45.2 cm³/mol. The van der Waals surface area contributed by atoms with Crippen LogP contribution in [0.2, 0.25) is 0 Å². The Balaban J connectivity index is 2.46. The van der Waals surface area contributed by atoms with Crippen molar-refractivity contribution in [3.05, 3.63) is 36.2 Å². The number of nitrogens with one attached hydrogen (secondary N) is 1. The van der Waals surface area contributed by atoms with E-state index < -0.39 is 0 Å². The normalized spacial score (nSPS) is 12.7. The lowest BCUT2D eigenvalue weighted by molar-refractivity contribution is 0.112. The highest BCUT2D eigenvalue weighted by Crippen LogP contribution is 2.27. The molecule has 0 bridgehead atoms. The molecule has 1 heterocycles. The molecule has 0 unspecified atom stereocenters. The van der Waals surface area contributed by atoms with Crippen LogP contribution in [0.5, 0.6) is 5.75 Å². The summed E-state index contributed by atoms with van der Waals surface area (Å²) >= 11 is 0. The quantitative estimate of drug-likeness (QED) is 0.638. The van der Waals surface area contributed by atoms with Gasteiger partial charge in [-0.1, -0.05) is 0 Å². The van der Waals surface area contributed by atoms with Crippen LogP contribution in [0.25, 0.3) is 0 Å². The van der Waals surface area contributed by atoms with E-state index in [0.717, 1.165) is 17.7 Å². The van der Waals surface area contributed by atoms with Crippen molar-refractivity contribution in [3.63, 3.8) is 0 Å². The van der Waals surface area contributed by atoms with Gasteiger partial charge < -0.3 is 10.1 Å². The zero-order chi connectivity index (χ0) is 8.39. The van der Waals surface area contributed by atoms with Gasteiger partial charge in [-0.25, -0.2) is 0 Å². The number of hydrogen-bond acceptors (Lipinski definition) is 3. The van der Waals surface area contributed by atoms with Gasteiger partial charge in [0.05, 0.1) is 5.69 Å². The third kappa shape index (κ3) is 1.05. The summed E-state index contributed by atoms with van der Waals surface area (Å²) in [6, 6.07) is 5.22. The number of benzene rings is 1. The molecular weight excluding hydrogens is 154 g/mol. The van der Waals surface area contributed by atoms with Crippen LogP contribution in [0, 0.1) is 0 Å². The minimum atomic E-state index is 0.639. The van der Waals surface area contributed by atoms with Crippen molar-refractivity contribution in [3.8, 4) is 5.75 Å². The summed E-state index contributed by atoms with van der Waals surface area (Å²) in [6.07, 6.45) is 4.04. The highest BCUT2D eigenvalue weighted by atomic mass is 16.5. The van der Waals surface area contributed by atoms with Gasteiger partial charge in [-0.05, 0) is 18.2 Å². The Bertz CT molecular complexity index is 344. The second-order valence-corrected chi connectivity index (χ2v) is 2.44. The summed E-state index contributed by atoms with van der Waals surface area (Å²) in [4.78, 5) is 10.4. The Hall–Kier alpha value is -1.77. The summed E-state index contributed by atoms with van der Waals surface area (Å²) in [5.74, 6) is 0.739. The molecule has 0 aromatic heterocycles. The van der Waals surface area contributed by atoms with Crippen molar-refractivity contribution in [2.45, 2.75) is 0 Å². The topological polar surface area (TPSA) is 38.3 Å². The summed E-state index contributed by atoms with van der Waals surface area (Å²) < 4.78 is 5.16. The van der Waals surface area contributed by atoms with Crippen LogP contribution in [0.4, 0.5) is 5.69 Å². The molecule has 1 aromatic carbocycles. The smallest absolute Gasteiger partial charge is 0.150 e. The number of ether oxygens (including phenoxy) is 1. The zero-order valence-electron chi connectivity index (χ0n) is 6.28. The molecule has 0 fully saturated rings. The van der Waals surface area contributed by atoms with Gasteiger partial charge in [0.25, 0.3) is 0 Å². The van der Waals surface area contributed by atoms with Crippen molar-refractivity contribution in [1.29, 1.82) is 0 Å². The largest absolute Gasteiger partial charge is 0.461 e. The number of fused-ring (bicyclic) bond motifs is 1. The molecule has 2 rings (SSSR count). The summed E-state index contributed by atoms with van der Waals surface area (Å²) in [5.41, 5.74) is 1.46. The number of anilines is 1. The van der Waals surface area contributed by atoms with Gasteiger partial charge in [-0.3, -0.25) is 4.79 Å². The molecule has 0 amide bonds. The molecule has 0 aliphatic carbocycles. The fourth-order valence-electron chi connectivity index (χ4n) is 1.07. The molecule has 1 aliphatic rings. The molecule has 1 aromatic rings. The lowest BCUT2D eigenvalue weighted by Crippen LogP contribution is -1.99. The van der Waals surface area contributed by atoms with Crippen molar-refractivity contribution in [2.75, 3.05) is 5.32 Å². The zero-order valence-corrected chi connectivity index (χ0v) is 6.28. The van der Waals surface area contributed by atoms with Crippen LogP contribution in [-0.2, 0) is 0 Å². The Labute approximate surface area is 69.7 Å². The monoisotopic (exact) mass is 161 g/mol. The van der Waals surface area contributed by atoms with Gasteiger partial charge in [0.1, 0.15) is 18.3 Å². The maximum atomic E-state index is 10.4. The Morgan fingerprint density at radius 1 is 1.42 bits per heavy atom. The van der Waals surface area contributed by atoms with E-state index in [1.54, 1.807) is 30.7 Å². The molecule has 0 atom stereocenters. The van der Waals surface area contributed by atoms with E-state index in [9.17, 15) is 4.79 Å². The maximum absolute atomic E-state index is 10.4. The molecular formula is C9H7NO2. The molecule has 0 saturated heterocycles. The third-order valence-electron chi connectivity index (χ3n) is 1.64. The molecule has 1 N–H and O–H groups in total. The van der Waals surface area contributed by atoms with E-state index >= 15 is 0 Å². The first-order valence-electron chi connectivity index (χ1n) is 3.57. The third-order valence-corrected chi connectivity index (χ3v) is 1.64. The van der Waals surface area contributed by atoms with Gasteiger partial charge in [0, 0.05) is 11.8 Å². The number of aldehydes is 1. The first kappa shape index (κ1) is 6.91. The minimum absolute atomic E-state index is 0.639. The van der Waals surface area contributed by atoms with Crippen molar-refractivity contribution >= 4 is 12.0 Å². The molecule has 0 spiro atoms. The van der Waals surface area contributed by atoms with Crippen molar-refractivity contribution in [1.82, 2.24) is 0 Å². The molecule has 1 aliphatic heterocycles. The first-order valence-corrected chi connectivity index (χ1v) is 3.57. The van der Waals surface area contributed by atoms with Gasteiger partial charge in [-0.15, -0.1) is 0 Å². The summed E-state index contributed by atoms with van der Waals surface area (Å²) in [7, 11) is 0. The fraction of sp³-hybridized carbons (Fsp3) is 0. The second-order valence-electron chi connectivity index (χ2n) is 2.44. The first-order chi connectivity index (χ1) is 5.90. The van der Waals surface area contributed by atoms with Crippen LogP contribution in [0.3, 0.4) is 0 Å². The van der Waals surface area contributed by atoms with Gasteiger partial charge >= 0.3 is 0 Å². The van der Waals surface area contributed by atoms with Crippen LogP contribution in [0.15, 0.2) is 30.7 Å². The number of carbonyl (C=O) groups is 1. The number of carbonyl (C=O) groups excluding carboxylic acids is 1. The van der Waals surface area contributed by atoms with Crippen LogP contribution >= 0.6 is 0 Å². The maximum Gasteiger partial charge on any atom is 0.150 e. The number of hydrogen-bond donors (Lipinski definition) is 1. The fourth-order valence-corrected chi connectivity index (χ4v) is 1.07. The molecule has 12 heavy (non-hydrogen) atoms. The van der Waals surface area contributed by atoms with E-state index in [-0.39, 0.29) is 0 Å². The van der Waals surface area contributed by atoms with E-state index in [0.29, 0.717) is 5.56 Å². The van der Waals surface area contributed by atoms with Crippen LogP contribution in [-0.4, -0.2) is 6.29 Å². The van der Waals surface area contributed by atoms with E-state index in [1.165, 1.54) is 0 Å². The van der Waals surface area contributed by atoms with E-state index in [2.05, 4.69) is 5.32 Å². The van der Waals surface area contributed by atoms with E-state index in [1.807, 2.05) is 0 Å². The van der Waals surface area contributed by atoms with Crippen molar-refractivity contribution in [2.24, 2.45) is 0 Å². The minimum Gasteiger partial charge on any atom is -0.461 e. The standard InChI is InChI=1S/C9H7NO2/c11-6-7-1-2-9-8(5-7)10-3-4-12-9/h1-6,10H. The Morgan fingerprint density at radius 2 is 2.33 bits per heavy atom. The highest BCUT2D eigenvalue weighted by molar-refractivity contribution is 5.79. The van der Waals surface area contributed by atoms with Crippen LogP contribution in [0.1, 0.15) is 10.4 Å². The average molecular weight is 161 g/mol. The molecule has 3 nitrogen and oxygen atoms in total. The van der Waals surface area contributed by atoms with Gasteiger partial charge in [0.15, 0.2) is 0 Å². The molecule has 3 heteroatoms. The summed E-state index contributed by atoms with van der Waals surface area (Å²) in [5, 5.41) is 2.97. The van der Waals surface area contributed by atoms with E-state index in [4.69, 9.17) is 4.74 Å². The SMILES string of the molecule is O=Cc1ccc2c(c1)NC=CO2. The lowest BCUT2D eigenvalue weighted by atomic mass is 10.2. The Morgan fingerprint density at radius 3 is 3.17 bits per heavy atom. The second kappa shape index (κ2) is 2.70. The molecule has 0 radical (unpaired) electrons. The van der Waals surface area contributed by atoms with Crippen molar-refractivity contribution < 1.29 is 9.53 Å². The van der Waals surface area contributed by atoms with Crippen LogP contribution < -0.4 is 10.1 Å². The molecule has 0 saturated carbocycles. The lowest BCUT2D eigenvalue weighted by Gasteiger charge is -2.12. The average Bonchev–Trinajstić information content (AvgIpc) is 2.17. The van der Waals surface area contributed by atoms with Gasteiger partial charge in [-0.2, -0.15) is 0 Å². The number of rotatable bonds is 1. The highest BCUT2D eigenvalue weighted by Gasteiger charge is 2.05. The Kier molecular flexibility index (Phi) is 1.55. The predicted octanol–water partition coefficient (Wildman–Crippen LogP) is 1.77.